The van der Waals surface area contributed by atoms with E-state index in [0.29, 0.717) is 5.56 Å². The number of halogens is 1. The van der Waals surface area contributed by atoms with Crippen LogP contribution in [0.2, 0.25) is 0 Å². The summed E-state index contributed by atoms with van der Waals surface area (Å²) in [4.78, 5) is 12.5. The third kappa shape index (κ3) is 2.98. The van der Waals surface area contributed by atoms with Crippen molar-refractivity contribution in [2.75, 3.05) is 5.32 Å². The zero-order valence-corrected chi connectivity index (χ0v) is 12.9. The third-order valence-electron chi connectivity index (χ3n) is 3.37. The first-order valence-corrected chi connectivity index (χ1v) is 7.84. The lowest BCUT2D eigenvalue weighted by atomic mass is 10.0. The zero-order valence-electron chi connectivity index (χ0n) is 11.3. The predicted octanol–water partition coefficient (Wildman–Crippen LogP) is 4.99. The van der Waals surface area contributed by atoms with Crippen molar-refractivity contribution in [3.8, 4) is 0 Å². The fraction of sp³-hybridized carbons (Fsp3) is 0.0556. The molecule has 3 rings (SSSR count). The van der Waals surface area contributed by atoms with Crippen LogP contribution in [-0.2, 0) is 5.33 Å². The van der Waals surface area contributed by atoms with Crippen molar-refractivity contribution in [1.82, 2.24) is 0 Å². The molecule has 1 N–H and O–H groups in total. The first-order valence-electron chi connectivity index (χ1n) is 6.72. The predicted molar refractivity (Wildman–Crippen MR) is 91.0 cm³/mol. The minimum Gasteiger partial charge on any atom is -0.322 e. The first kappa shape index (κ1) is 13.8. The van der Waals surface area contributed by atoms with Gasteiger partial charge in [-0.15, -0.1) is 0 Å². The number of carbonyl (C=O) groups excluding carboxylic acids is 1. The number of amides is 1. The van der Waals surface area contributed by atoms with Crippen molar-refractivity contribution >= 4 is 38.3 Å². The summed E-state index contributed by atoms with van der Waals surface area (Å²) in [6.07, 6.45) is 0. The molecule has 0 aromatic heterocycles. The zero-order chi connectivity index (χ0) is 14.7. The summed E-state index contributed by atoms with van der Waals surface area (Å²) in [6.45, 7) is 0. The van der Waals surface area contributed by atoms with E-state index >= 15 is 0 Å². The average Bonchev–Trinajstić information content (AvgIpc) is 2.54. The largest absolute Gasteiger partial charge is 0.322 e. The second-order valence-electron chi connectivity index (χ2n) is 4.81. The third-order valence-corrected chi connectivity index (χ3v) is 4.02. The molecule has 0 heterocycles. The van der Waals surface area contributed by atoms with Crippen molar-refractivity contribution in [2.45, 2.75) is 5.33 Å². The lowest BCUT2D eigenvalue weighted by molar-refractivity contribution is 0.102. The molecule has 104 valence electrons. The van der Waals surface area contributed by atoms with E-state index in [1.54, 1.807) is 0 Å². The average molecular weight is 340 g/mol. The fourth-order valence-electron chi connectivity index (χ4n) is 2.35. The van der Waals surface area contributed by atoms with E-state index in [1.165, 1.54) is 0 Å². The van der Waals surface area contributed by atoms with Gasteiger partial charge in [-0.05, 0) is 34.5 Å². The second kappa shape index (κ2) is 6.10. The topological polar surface area (TPSA) is 29.1 Å². The van der Waals surface area contributed by atoms with E-state index in [4.69, 9.17) is 0 Å². The van der Waals surface area contributed by atoms with Gasteiger partial charge in [0.15, 0.2) is 0 Å². The number of fused-ring (bicyclic) bond motifs is 1. The molecule has 1 amide bonds. The molecule has 3 heteroatoms. The Morgan fingerprint density at radius 3 is 2.57 bits per heavy atom. The van der Waals surface area contributed by atoms with Crippen LogP contribution in [-0.4, -0.2) is 5.91 Å². The Labute approximate surface area is 131 Å². The van der Waals surface area contributed by atoms with Gasteiger partial charge in [-0.25, -0.2) is 0 Å². The molecule has 0 aliphatic heterocycles. The van der Waals surface area contributed by atoms with Crippen LogP contribution >= 0.6 is 15.9 Å². The summed E-state index contributed by atoms with van der Waals surface area (Å²) >= 11 is 3.42. The fourth-order valence-corrected chi connectivity index (χ4v) is 2.70. The van der Waals surface area contributed by atoms with Crippen LogP contribution in [0, 0.1) is 0 Å². The number of anilines is 1. The maximum Gasteiger partial charge on any atom is 0.256 e. The summed E-state index contributed by atoms with van der Waals surface area (Å²) in [5.74, 6) is -0.0847. The van der Waals surface area contributed by atoms with Gasteiger partial charge in [-0.1, -0.05) is 64.5 Å². The molecule has 3 aromatic rings. The summed E-state index contributed by atoms with van der Waals surface area (Å²) in [5, 5.41) is 5.77. The van der Waals surface area contributed by atoms with Gasteiger partial charge in [0.1, 0.15) is 0 Å². The maximum atomic E-state index is 12.5. The number of hydrogen-bond donors (Lipinski definition) is 1. The molecular weight excluding hydrogens is 326 g/mol. The second-order valence-corrected chi connectivity index (χ2v) is 5.38. The Bertz CT molecular complexity index is 793. The lowest BCUT2D eigenvalue weighted by Crippen LogP contribution is -2.12. The van der Waals surface area contributed by atoms with Crippen molar-refractivity contribution in [3.05, 3.63) is 77.9 Å². The number of alkyl halides is 1. The van der Waals surface area contributed by atoms with E-state index < -0.39 is 0 Å². The van der Waals surface area contributed by atoms with E-state index in [9.17, 15) is 4.79 Å². The first-order chi connectivity index (χ1) is 10.3. The van der Waals surface area contributed by atoms with E-state index in [2.05, 4.69) is 21.2 Å². The van der Waals surface area contributed by atoms with E-state index in [-0.39, 0.29) is 5.91 Å². The highest BCUT2D eigenvalue weighted by Crippen LogP contribution is 2.20. The van der Waals surface area contributed by atoms with E-state index in [0.717, 1.165) is 27.4 Å². The van der Waals surface area contributed by atoms with Crippen LogP contribution in [0.25, 0.3) is 10.8 Å². The van der Waals surface area contributed by atoms with Crippen molar-refractivity contribution in [1.29, 1.82) is 0 Å². The standard InChI is InChI=1S/C18H14BrNO/c19-12-13-5-3-8-15(11-13)20-18(21)17-10-4-7-14-6-1-2-9-16(14)17/h1-11H,12H2,(H,20,21). The molecule has 0 fully saturated rings. The molecule has 0 radical (unpaired) electrons. The molecule has 0 atom stereocenters. The highest BCUT2D eigenvalue weighted by atomic mass is 79.9. The summed E-state index contributed by atoms with van der Waals surface area (Å²) < 4.78 is 0. The Morgan fingerprint density at radius 1 is 0.952 bits per heavy atom. The van der Waals surface area contributed by atoms with Gasteiger partial charge >= 0.3 is 0 Å². The van der Waals surface area contributed by atoms with Gasteiger partial charge in [0, 0.05) is 16.6 Å². The van der Waals surface area contributed by atoms with E-state index in [1.807, 2.05) is 66.7 Å². The van der Waals surface area contributed by atoms with Gasteiger partial charge in [-0.3, -0.25) is 4.79 Å². The normalized spacial score (nSPS) is 10.5. The molecule has 0 unspecified atom stereocenters. The van der Waals surface area contributed by atoms with Crippen LogP contribution < -0.4 is 5.32 Å². The number of carbonyl (C=O) groups is 1. The Morgan fingerprint density at radius 2 is 1.71 bits per heavy atom. The Hall–Kier alpha value is -2.13. The summed E-state index contributed by atoms with van der Waals surface area (Å²) in [5.41, 5.74) is 2.63. The van der Waals surface area contributed by atoms with Crippen LogP contribution in [0.1, 0.15) is 15.9 Å². The molecule has 0 bridgehead atoms. The van der Waals surface area contributed by atoms with Crippen molar-refractivity contribution in [3.63, 3.8) is 0 Å². The van der Waals surface area contributed by atoms with Gasteiger partial charge in [0.25, 0.3) is 5.91 Å². The van der Waals surface area contributed by atoms with Crippen LogP contribution in [0.15, 0.2) is 66.7 Å². The van der Waals surface area contributed by atoms with Gasteiger partial charge in [0.05, 0.1) is 0 Å². The SMILES string of the molecule is O=C(Nc1cccc(CBr)c1)c1cccc2ccccc12. The van der Waals surface area contributed by atoms with Crippen molar-refractivity contribution in [2.24, 2.45) is 0 Å². The highest BCUT2D eigenvalue weighted by Gasteiger charge is 2.09. The summed E-state index contributed by atoms with van der Waals surface area (Å²) in [6, 6.07) is 21.5. The maximum absolute atomic E-state index is 12.5. The van der Waals surface area contributed by atoms with Crippen molar-refractivity contribution < 1.29 is 4.79 Å². The molecule has 3 aromatic carbocycles. The summed E-state index contributed by atoms with van der Waals surface area (Å²) in [7, 11) is 0. The lowest BCUT2D eigenvalue weighted by Gasteiger charge is -2.09. The molecular formula is C18H14BrNO. The van der Waals surface area contributed by atoms with Gasteiger partial charge in [0.2, 0.25) is 0 Å². The highest BCUT2D eigenvalue weighted by molar-refractivity contribution is 9.08. The van der Waals surface area contributed by atoms with Crippen LogP contribution in [0.4, 0.5) is 5.69 Å². The molecule has 21 heavy (non-hydrogen) atoms. The van der Waals surface area contributed by atoms with Gasteiger partial charge in [-0.2, -0.15) is 0 Å². The quantitative estimate of drug-likeness (QED) is 0.669. The molecule has 0 spiro atoms. The minimum atomic E-state index is -0.0847. The molecule has 2 nitrogen and oxygen atoms in total. The van der Waals surface area contributed by atoms with Gasteiger partial charge < -0.3 is 5.32 Å². The number of rotatable bonds is 3. The molecule has 0 saturated heterocycles. The number of hydrogen-bond acceptors (Lipinski definition) is 1. The van der Waals surface area contributed by atoms with Crippen LogP contribution in [0.3, 0.4) is 0 Å². The Kier molecular flexibility index (Phi) is 4.02. The Balaban J connectivity index is 1.93. The van der Waals surface area contributed by atoms with Crippen LogP contribution in [0.5, 0.6) is 0 Å². The smallest absolute Gasteiger partial charge is 0.256 e. The molecule has 0 saturated carbocycles. The molecule has 0 aliphatic rings. The monoisotopic (exact) mass is 339 g/mol. The minimum absolute atomic E-state index is 0.0847. The number of nitrogens with one attached hydrogen (secondary N) is 1. The molecule has 0 aliphatic carbocycles. The number of benzene rings is 3.